The zero-order chi connectivity index (χ0) is 12.5. The van der Waals surface area contributed by atoms with Gasteiger partial charge in [-0.3, -0.25) is 10.1 Å². The van der Waals surface area contributed by atoms with Crippen molar-refractivity contribution in [2.45, 2.75) is 32.6 Å². The van der Waals surface area contributed by atoms with Crippen LogP contribution in [-0.4, -0.2) is 10.9 Å². The fourth-order valence-electron chi connectivity index (χ4n) is 2.26. The zero-order valence-electron chi connectivity index (χ0n) is 10.2. The average molecular weight is 278 g/mol. The molecule has 0 saturated heterocycles. The van der Waals surface area contributed by atoms with E-state index in [1.807, 2.05) is 12.3 Å². The highest BCUT2D eigenvalue weighted by Crippen LogP contribution is 2.30. The van der Waals surface area contributed by atoms with Gasteiger partial charge < -0.3 is 0 Å². The number of thiophene rings is 1. The standard InChI is InChI=1S/C13H14N2OS2/c1-8-6-14-13(18-8)15-12(16)10-7-17-11-5-3-2-4-9(10)11/h6-7H,2-5H2,1H3,(H,14,15,16). The van der Waals surface area contributed by atoms with Crippen LogP contribution in [0.25, 0.3) is 0 Å². The van der Waals surface area contributed by atoms with Crippen LogP contribution < -0.4 is 5.32 Å². The molecule has 2 heterocycles. The fraction of sp³-hybridized carbons (Fsp3) is 0.385. The molecular weight excluding hydrogens is 264 g/mol. The van der Waals surface area contributed by atoms with Crippen LogP contribution in [0, 0.1) is 6.92 Å². The molecule has 5 heteroatoms. The maximum Gasteiger partial charge on any atom is 0.258 e. The lowest BCUT2D eigenvalue weighted by Gasteiger charge is -2.12. The van der Waals surface area contributed by atoms with E-state index < -0.39 is 0 Å². The van der Waals surface area contributed by atoms with E-state index in [4.69, 9.17) is 0 Å². The summed E-state index contributed by atoms with van der Waals surface area (Å²) >= 11 is 3.23. The molecule has 0 bridgehead atoms. The molecule has 0 fully saturated rings. The highest BCUT2D eigenvalue weighted by molar-refractivity contribution is 7.15. The monoisotopic (exact) mass is 278 g/mol. The van der Waals surface area contributed by atoms with Gasteiger partial charge in [0.1, 0.15) is 0 Å². The van der Waals surface area contributed by atoms with E-state index in [9.17, 15) is 4.79 Å². The summed E-state index contributed by atoms with van der Waals surface area (Å²) in [4.78, 5) is 18.9. The molecule has 94 valence electrons. The fourth-order valence-corrected chi connectivity index (χ4v) is 4.05. The lowest BCUT2D eigenvalue weighted by Crippen LogP contribution is -2.14. The van der Waals surface area contributed by atoms with Gasteiger partial charge in [-0.05, 0) is 38.2 Å². The minimum atomic E-state index is -0.0104. The average Bonchev–Trinajstić information content (AvgIpc) is 2.95. The molecular formula is C13H14N2OS2. The first-order valence-electron chi connectivity index (χ1n) is 6.07. The highest BCUT2D eigenvalue weighted by atomic mass is 32.1. The molecule has 0 unspecified atom stereocenters. The molecule has 0 aliphatic heterocycles. The predicted octanol–water partition coefficient (Wildman–Crippen LogP) is 3.64. The number of hydrogen-bond donors (Lipinski definition) is 1. The van der Waals surface area contributed by atoms with Gasteiger partial charge in [-0.25, -0.2) is 4.98 Å². The summed E-state index contributed by atoms with van der Waals surface area (Å²) in [5, 5.41) is 5.57. The van der Waals surface area contributed by atoms with Crippen LogP contribution in [0.5, 0.6) is 0 Å². The number of fused-ring (bicyclic) bond motifs is 1. The van der Waals surface area contributed by atoms with Crippen molar-refractivity contribution in [3.8, 4) is 0 Å². The van der Waals surface area contributed by atoms with E-state index in [2.05, 4.69) is 10.3 Å². The van der Waals surface area contributed by atoms with Gasteiger partial charge in [0.25, 0.3) is 5.91 Å². The Bertz CT molecular complexity index is 586. The largest absolute Gasteiger partial charge is 0.298 e. The third-order valence-electron chi connectivity index (χ3n) is 3.15. The summed E-state index contributed by atoms with van der Waals surface area (Å²) < 4.78 is 0. The van der Waals surface area contributed by atoms with E-state index in [0.29, 0.717) is 5.13 Å². The maximum atomic E-state index is 12.2. The van der Waals surface area contributed by atoms with Gasteiger partial charge in [0, 0.05) is 21.3 Å². The van der Waals surface area contributed by atoms with Crippen molar-refractivity contribution in [3.63, 3.8) is 0 Å². The topological polar surface area (TPSA) is 42.0 Å². The van der Waals surface area contributed by atoms with E-state index in [1.165, 1.54) is 34.6 Å². The van der Waals surface area contributed by atoms with E-state index >= 15 is 0 Å². The van der Waals surface area contributed by atoms with Crippen LogP contribution in [0.3, 0.4) is 0 Å². The molecule has 1 aliphatic rings. The van der Waals surface area contributed by atoms with Crippen LogP contribution in [0.4, 0.5) is 5.13 Å². The normalized spacial score (nSPS) is 14.3. The van der Waals surface area contributed by atoms with Crippen molar-refractivity contribution in [1.82, 2.24) is 4.98 Å². The van der Waals surface area contributed by atoms with E-state index in [0.717, 1.165) is 23.3 Å². The van der Waals surface area contributed by atoms with Crippen molar-refractivity contribution in [2.24, 2.45) is 0 Å². The molecule has 18 heavy (non-hydrogen) atoms. The number of aromatic nitrogens is 1. The zero-order valence-corrected chi connectivity index (χ0v) is 11.8. The Morgan fingerprint density at radius 3 is 3.00 bits per heavy atom. The number of nitrogens with one attached hydrogen (secondary N) is 1. The molecule has 2 aromatic rings. The van der Waals surface area contributed by atoms with Gasteiger partial charge in [-0.1, -0.05) is 0 Å². The summed E-state index contributed by atoms with van der Waals surface area (Å²) in [6, 6.07) is 0. The van der Waals surface area contributed by atoms with Gasteiger partial charge in [-0.15, -0.1) is 22.7 Å². The van der Waals surface area contributed by atoms with Gasteiger partial charge in [0.15, 0.2) is 5.13 Å². The second-order valence-corrected chi connectivity index (χ2v) is 6.69. The molecule has 0 saturated carbocycles. The molecule has 3 nitrogen and oxygen atoms in total. The third kappa shape index (κ3) is 2.20. The van der Waals surface area contributed by atoms with Crippen LogP contribution in [0.1, 0.15) is 38.5 Å². The number of anilines is 1. The number of rotatable bonds is 2. The molecule has 0 aromatic carbocycles. The second-order valence-electron chi connectivity index (χ2n) is 4.49. The Balaban J connectivity index is 1.82. The highest BCUT2D eigenvalue weighted by Gasteiger charge is 2.20. The number of thiazole rings is 1. The SMILES string of the molecule is Cc1cnc(NC(=O)c2csc3c2CCCC3)s1. The quantitative estimate of drug-likeness (QED) is 0.911. The molecule has 1 N–H and O–H groups in total. The summed E-state index contributed by atoms with van der Waals surface area (Å²) in [7, 11) is 0. The van der Waals surface area contributed by atoms with Gasteiger partial charge in [0.2, 0.25) is 0 Å². The van der Waals surface area contributed by atoms with Gasteiger partial charge in [0.05, 0.1) is 5.56 Å². The molecule has 0 spiro atoms. The van der Waals surface area contributed by atoms with Crippen molar-refractivity contribution in [3.05, 3.63) is 32.5 Å². The van der Waals surface area contributed by atoms with Gasteiger partial charge >= 0.3 is 0 Å². The number of hydrogen-bond acceptors (Lipinski definition) is 4. The number of nitrogens with zero attached hydrogens (tertiary/aromatic N) is 1. The molecule has 2 aromatic heterocycles. The maximum absolute atomic E-state index is 12.2. The first-order valence-corrected chi connectivity index (χ1v) is 7.76. The van der Waals surface area contributed by atoms with Crippen LogP contribution in [0.2, 0.25) is 0 Å². The second kappa shape index (κ2) is 4.82. The van der Waals surface area contributed by atoms with Crippen molar-refractivity contribution in [1.29, 1.82) is 0 Å². The van der Waals surface area contributed by atoms with Gasteiger partial charge in [-0.2, -0.15) is 0 Å². The Hall–Kier alpha value is -1.20. The van der Waals surface area contributed by atoms with E-state index in [-0.39, 0.29) is 5.91 Å². The Morgan fingerprint density at radius 2 is 2.22 bits per heavy atom. The third-order valence-corrected chi connectivity index (χ3v) is 5.06. The van der Waals surface area contributed by atoms with E-state index in [1.54, 1.807) is 17.5 Å². The summed E-state index contributed by atoms with van der Waals surface area (Å²) in [5.74, 6) is -0.0104. The van der Waals surface area contributed by atoms with Crippen molar-refractivity contribution in [2.75, 3.05) is 5.32 Å². The lowest BCUT2D eigenvalue weighted by molar-refractivity contribution is 0.102. The molecule has 1 aliphatic carbocycles. The van der Waals surface area contributed by atoms with Crippen LogP contribution in [0.15, 0.2) is 11.6 Å². The summed E-state index contributed by atoms with van der Waals surface area (Å²) in [5.41, 5.74) is 2.11. The minimum Gasteiger partial charge on any atom is -0.298 e. The number of carbonyl (C=O) groups excluding carboxylic acids is 1. The smallest absolute Gasteiger partial charge is 0.258 e. The Kier molecular flexibility index (Phi) is 3.18. The molecule has 0 atom stereocenters. The first-order chi connectivity index (χ1) is 8.74. The first kappa shape index (κ1) is 11.9. The van der Waals surface area contributed by atoms with Crippen LogP contribution >= 0.6 is 22.7 Å². The number of amides is 1. The molecule has 1 amide bonds. The summed E-state index contributed by atoms with van der Waals surface area (Å²) in [6.45, 7) is 1.99. The van der Waals surface area contributed by atoms with Crippen molar-refractivity contribution < 1.29 is 4.79 Å². The lowest BCUT2D eigenvalue weighted by atomic mass is 9.96. The van der Waals surface area contributed by atoms with Crippen molar-refractivity contribution >= 4 is 33.7 Å². The Labute approximate surface area is 114 Å². The molecule has 0 radical (unpaired) electrons. The molecule has 3 rings (SSSR count). The Morgan fingerprint density at radius 1 is 1.39 bits per heavy atom. The van der Waals surface area contributed by atoms with Crippen LogP contribution in [-0.2, 0) is 12.8 Å². The predicted molar refractivity (Wildman–Crippen MR) is 75.8 cm³/mol. The number of carbonyl (C=O) groups is 1. The summed E-state index contributed by atoms with van der Waals surface area (Å²) in [6.07, 6.45) is 6.39. The number of aryl methyl sites for hydroxylation is 2. The minimum absolute atomic E-state index is 0.0104.